The summed E-state index contributed by atoms with van der Waals surface area (Å²) >= 11 is 1.24. The quantitative estimate of drug-likeness (QED) is 0.777. The molecule has 7 nitrogen and oxygen atoms in total. The highest BCUT2D eigenvalue weighted by molar-refractivity contribution is 7.12. The molecule has 0 aliphatic carbocycles. The van der Waals surface area contributed by atoms with Gasteiger partial charge in [-0.25, -0.2) is 4.98 Å². The number of hydrogen-bond donors (Lipinski definition) is 1. The number of thiazole rings is 1. The summed E-state index contributed by atoms with van der Waals surface area (Å²) in [5.41, 5.74) is 1.11. The Morgan fingerprint density at radius 3 is 3.00 bits per heavy atom. The molecule has 0 bridgehead atoms. The first-order chi connectivity index (χ1) is 10.8. The van der Waals surface area contributed by atoms with Gasteiger partial charge in [0.1, 0.15) is 11.4 Å². The molecule has 3 heterocycles. The third-order valence-electron chi connectivity index (χ3n) is 2.77. The van der Waals surface area contributed by atoms with E-state index in [0.29, 0.717) is 28.8 Å². The molecule has 22 heavy (non-hydrogen) atoms. The van der Waals surface area contributed by atoms with E-state index >= 15 is 0 Å². The van der Waals surface area contributed by atoms with Crippen molar-refractivity contribution in [1.82, 2.24) is 25.4 Å². The third kappa shape index (κ3) is 3.01. The predicted octanol–water partition coefficient (Wildman–Crippen LogP) is 2.39. The average Bonchev–Trinajstić information content (AvgIpc) is 3.22. The lowest BCUT2D eigenvalue weighted by Crippen LogP contribution is -2.23. The number of amides is 1. The summed E-state index contributed by atoms with van der Waals surface area (Å²) in [4.78, 5) is 24.5. The highest BCUT2D eigenvalue weighted by Gasteiger charge is 2.17. The van der Waals surface area contributed by atoms with E-state index in [0.717, 1.165) is 6.42 Å². The number of carbonyl (C=O) groups excluding carboxylic acids is 1. The molecule has 0 saturated carbocycles. The highest BCUT2D eigenvalue weighted by atomic mass is 32.1. The number of pyridine rings is 1. The zero-order valence-electron chi connectivity index (χ0n) is 11.8. The third-order valence-corrected chi connectivity index (χ3v) is 3.61. The number of nitrogens with one attached hydrogen (secondary N) is 1. The maximum Gasteiger partial charge on any atom is 0.280 e. The first-order valence-corrected chi connectivity index (χ1v) is 7.65. The number of carbonyl (C=O) groups is 1. The topological polar surface area (TPSA) is 93.8 Å². The number of rotatable bonds is 5. The Hall–Kier alpha value is -2.61. The maximum absolute atomic E-state index is 11.8. The fourth-order valence-corrected chi connectivity index (χ4v) is 2.42. The minimum absolute atomic E-state index is 0.192. The van der Waals surface area contributed by atoms with Gasteiger partial charge in [-0.1, -0.05) is 18.1 Å². The molecular formula is C14H13N5O2S. The molecule has 0 atom stereocenters. The van der Waals surface area contributed by atoms with Crippen molar-refractivity contribution in [2.75, 3.05) is 6.54 Å². The van der Waals surface area contributed by atoms with Gasteiger partial charge in [-0.2, -0.15) is 4.98 Å². The van der Waals surface area contributed by atoms with E-state index < -0.39 is 0 Å². The maximum atomic E-state index is 11.8. The Morgan fingerprint density at radius 2 is 2.23 bits per heavy atom. The van der Waals surface area contributed by atoms with Crippen molar-refractivity contribution in [1.29, 1.82) is 0 Å². The zero-order chi connectivity index (χ0) is 15.4. The van der Waals surface area contributed by atoms with Crippen LogP contribution in [-0.2, 0) is 0 Å². The first-order valence-electron chi connectivity index (χ1n) is 6.77. The first kappa shape index (κ1) is 14.3. The Labute approximate surface area is 130 Å². The molecule has 8 heteroatoms. The lowest BCUT2D eigenvalue weighted by molar-refractivity contribution is 0.0953. The van der Waals surface area contributed by atoms with E-state index in [4.69, 9.17) is 4.52 Å². The zero-order valence-corrected chi connectivity index (χ0v) is 12.6. The normalized spacial score (nSPS) is 10.6. The van der Waals surface area contributed by atoms with Crippen LogP contribution < -0.4 is 5.32 Å². The standard InChI is InChI=1S/C14H13N5O2S/c1-2-6-16-12(20)14-17-10(8-22-14)13-18-11(19-21-13)9-5-3-4-7-15-9/h3-5,7-8H,2,6H2,1H3,(H,16,20). The Balaban J connectivity index is 1.80. The summed E-state index contributed by atoms with van der Waals surface area (Å²) in [6, 6.07) is 5.45. The SMILES string of the molecule is CCCNC(=O)c1nc(-c2nc(-c3ccccn3)no2)cs1. The summed E-state index contributed by atoms with van der Waals surface area (Å²) in [6.07, 6.45) is 2.53. The van der Waals surface area contributed by atoms with Crippen molar-refractivity contribution in [3.05, 3.63) is 34.8 Å². The monoisotopic (exact) mass is 315 g/mol. The Bertz CT molecular complexity index is 768. The van der Waals surface area contributed by atoms with Crippen molar-refractivity contribution in [2.24, 2.45) is 0 Å². The number of nitrogens with zero attached hydrogens (tertiary/aromatic N) is 4. The molecule has 0 radical (unpaired) electrons. The molecule has 0 unspecified atom stereocenters. The van der Waals surface area contributed by atoms with Crippen LogP contribution in [0.3, 0.4) is 0 Å². The molecular weight excluding hydrogens is 302 g/mol. The Morgan fingerprint density at radius 1 is 1.32 bits per heavy atom. The van der Waals surface area contributed by atoms with Crippen LogP contribution in [0, 0.1) is 0 Å². The van der Waals surface area contributed by atoms with Crippen molar-refractivity contribution in [2.45, 2.75) is 13.3 Å². The molecule has 0 aliphatic heterocycles. The second-order valence-corrected chi connectivity index (χ2v) is 5.29. The molecule has 0 spiro atoms. The molecule has 0 fully saturated rings. The molecule has 3 aromatic rings. The van der Waals surface area contributed by atoms with Gasteiger partial charge < -0.3 is 9.84 Å². The number of aromatic nitrogens is 4. The molecule has 0 saturated heterocycles. The fraction of sp³-hybridized carbons (Fsp3) is 0.214. The van der Waals surface area contributed by atoms with Crippen LogP contribution in [0.5, 0.6) is 0 Å². The molecule has 3 rings (SSSR count). The van der Waals surface area contributed by atoms with Gasteiger partial charge in [0.25, 0.3) is 11.8 Å². The van der Waals surface area contributed by atoms with E-state index in [1.165, 1.54) is 11.3 Å². The van der Waals surface area contributed by atoms with Crippen LogP contribution in [0.15, 0.2) is 34.3 Å². The van der Waals surface area contributed by atoms with E-state index in [1.807, 2.05) is 19.1 Å². The van der Waals surface area contributed by atoms with Crippen molar-refractivity contribution < 1.29 is 9.32 Å². The summed E-state index contributed by atoms with van der Waals surface area (Å²) in [7, 11) is 0. The summed E-state index contributed by atoms with van der Waals surface area (Å²) in [5.74, 6) is 0.467. The molecule has 3 aromatic heterocycles. The van der Waals surface area contributed by atoms with Gasteiger partial charge >= 0.3 is 0 Å². The van der Waals surface area contributed by atoms with Gasteiger partial charge in [0.05, 0.1) is 0 Å². The second kappa shape index (κ2) is 6.44. The van der Waals surface area contributed by atoms with E-state index in [9.17, 15) is 4.79 Å². The minimum atomic E-state index is -0.192. The van der Waals surface area contributed by atoms with Crippen molar-refractivity contribution >= 4 is 17.2 Å². The minimum Gasteiger partial charge on any atom is -0.350 e. The average molecular weight is 315 g/mol. The van der Waals surface area contributed by atoms with Gasteiger partial charge in [0.15, 0.2) is 5.01 Å². The van der Waals surface area contributed by atoms with Crippen LogP contribution in [0.25, 0.3) is 23.1 Å². The van der Waals surface area contributed by atoms with Gasteiger partial charge in [0.2, 0.25) is 5.82 Å². The molecule has 0 aliphatic rings. The van der Waals surface area contributed by atoms with E-state index in [-0.39, 0.29) is 11.8 Å². The lowest BCUT2D eigenvalue weighted by Gasteiger charge is -1.98. The predicted molar refractivity (Wildman–Crippen MR) is 81.3 cm³/mol. The molecule has 1 N–H and O–H groups in total. The fourth-order valence-electron chi connectivity index (χ4n) is 1.72. The number of hydrogen-bond acceptors (Lipinski definition) is 7. The van der Waals surface area contributed by atoms with E-state index in [1.54, 1.807) is 17.6 Å². The van der Waals surface area contributed by atoms with Crippen molar-refractivity contribution in [3.63, 3.8) is 0 Å². The van der Waals surface area contributed by atoms with Gasteiger partial charge in [-0.15, -0.1) is 11.3 Å². The largest absolute Gasteiger partial charge is 0.350 e. The second-order valence-electron chi connectivity index (χ2n) is 4.43. The van der Waals surface area contributed by atoms with Crippen LogP contribution in [0.4, 0.5) is 0 Å². The van der Waals surface area contributed by atoms with Crippen LogP contribution in [-0.4, -0.2) is 32.6 Å². The van der Waals surface area contributed by atoms with Gasteiger partial charge in [-0.05, 0) is 18.6 Å². The highest BCUT2D eigenvalue weighted by Crippen LogP contribution is 2.22. The van der Waals surface area contributed by atoms with E-state index in [2.05, 4.69) is 25.4 Å². The Kier molecular flexibility index (Phi) is 4.19. The van der Waals surface area contributed by atoms with Gasteiger partial charge in [-0.3, -0.25) is 9.78 Å². The van der Waals surface area contributed by atoms with Gasteiger partial charge in [0, 0.05) is 18.1 Å². The molecule has 0 aromatic carbocycles. The summed E-state index contributed by atoms with van der Waals surface area (Å²) in [5, 5.41) is 8.75. The van der Waals surface area contributed by atoms with Crippen molar-refractivity contribution in [3.8, 4) is 23.1 Å². The lowest BCUT2D eigenvalue weighted by atomic mass is 10.3. The summed E-state index contributed by atoms with van der Waals surface area (Å²) in [6.45, 7) is 2.61. The molecule has 1 amide bonds. The summed E-state index contributed by atoms with van der Waals surface area (Å²) < 4.78 is 5.19. The van der Waals surface area contributed by atoms with Crippen LogP contribution in [0.2, 0.25) is 0 Å². The smallest absolute Gasteiger partial charge is 0.280 e. The van der Waals surface area contributed by atoms with Crippen LogP contribution in [0.1, 0.15) is 23.1 Å². The van der Waals surface area contributed by atoms with Crippen LogP contribution >= 0.6 is 11.3 Å². The molecule has 112 valence electrons.